The van der Waals surface area contributed by atoms with Crippen LogP contribution in [0.5, 0.6) is 5.75 Å². The van der Waals surface area contributed by atoms with Gasteiger partial charge < -0.3 is 10.1 Å². The third-order valence-corrected chi connectivity index (χ3v) is 7.45. The Hall–Kier alpha value is -2.90. The fraction of sp³-hybridized carbons (Fsp3) is 0.208. The number of hydrogen-bond donors (Lipinski definition) is 1. The van der Waals surface area contributed by atoms with Gasteiger partial charge in [-0.2, -0.15) is 0 Å². The van der Waals surface area contributed by atoms with Crippen LogP contribution >= 0.6 is 23.1 Å². The zero-order chi connectivity index (χ0) is 21.0. The number of amides is 1. The third kappa shape index (κ3) is 4.43. The highest BCUT2D eigenvalue weighted by molar-refractivity contribution is 7.99. The second-order valence-electron chi connectivity index (χ2n) is 7.32. The SMILES string of the molecule is O=C(COc1ccccc1Sc1ncnc2sc3c(c12)CCCC3)Nc1ccccc1. The summed E-state index contributed by atoms with van der Waals surface area (Å²) in [6, 6.07) is 17.2. The number of thiophene rings is 1. The van der Waals surface area contributed by atoms with Crippen LogP contribution in [-0.4, -0.2) is 22.5 Å². The van der Waals surface area contributed by atoms with Gasteiger partial charge in [0.1, 0.15) is 21.9 Å². The van der Waals surface area contributed by atoms with Crippen LogP contribution in [0.1, 0.15) is 23.3 Å². The van der Waals surface area contributed by atoms with E-state index in [0.29, 0.717) is 5.75 Å². The Kier molecular flexibility index (Phi) is 5.86. The van der Waals surface area contributed by atoms with Gasteiger partial charge in [-0.15, -0.1) is 11.3 Å². The summed E-state index contributed by atoms with van der Waals surface area (Å²) in [6.07, 6.45) is 6.33. The molecule has 1 aliphatic carbocycles. The van der Waals surface area contributed by atoms with E-state index in [1.807, 2.05) is 54.6 Å². The van der Waals surface area contributed by atoms with Crippen LogP contribution in [0, 0.1) is 0 Å². The van der Waals surface area contributed by atoms with Crippen molar-refractivity contribution in [2.75, 3.05) is 11.9 Å². The van der Waals surface area contributed by atoms with Gasteiger partial charge in [0.25, 0.3) is 5.91 Å². The number of para-hydroxylation sites is 2. The van der Waals surface area contributed by atoms with Crippen LogP contribution in [0.15, 0.2) is 70.8 Å². The van der Waals surface area contributed by atoms with Crippen molar-refractivity contribution in [3.63, 3.8) is 0 Å². The molecule has 156 valence electrons. The highest BCUT2D eigenvalue weighted by atomic mass is 32.2. The lowest BCUT2D eigenvalue weighted by Crippen LogP contribution is -2.20. The van der Waals surface area contributed by atoms with E-state index < -0.39 is 0 Å². The topological polar surface area (TPSA) is 64.1 Å². The van der Waals surface area contributed by atoms with E-state index in [0.717, 1.165) is 33.3 Å². The number of nitrogens with one attached hydrogen (secondary N) is 1. The van der Waals surface area contributed by atoms with E-state index in [-0.39, 0.29) is 12.5 Å². The van der Waals surface area contributed by atoms with Gasteiger partial charge >= 0.3 is 0 Å². The van der Waals surface area contributed by atoms with E-state index in [1.165, 1.54) is 28.7 Å². The summed E-state index contributed by atoms with van der Waals surface area (Å²) in [7, 11) is 0. The largest absolute Gasteiger partial charge is 0.483 e. The highest BCUT2D eigenvalue weighted by Crippen LogP contribution is 2.42. The number of hydrogen-bond acceptors (Lipinski definition) is 6. The zero-order valence-corrected chi connectivity index (χ0v) is 18.5. The van der Waals surface area contributed by atoms with E-state index in [1.54, 1.807) is 29.4 Å². The Bertz CT molecular complexity index is 1220. The second-order valence-corrected chi connectivity index (χ2v) is 9.44. The molecule has 1 aliphatic rings. The summed E-state index contributed by atoms with van der Waals surface area (Å²) in [5.74, 6) is 0.480. The summed E-state index contributed by atoms with van der Waals surface area (Å²) in [6.45, 7) is -0.0561. The van der Waals surface area contributed by atoms with E-state index in [9.17, 15) is 4.79 Å². The molecular formula is C24H21N3O2S2. The van der Waals surface area contributed by atoms with Crippen LogP contribution in [-0.2, 0) is 17.6 Å². The van der Waals surface area contributed by atoms with Gasteiger partial charge in [0.05, 0.1) is 4.90 Å². The molecule has 5 rings (SSSR count). The predicted molar refractivity (Wildman–Crippen MR) is 125 cm³/mol. The number of carbonyl (C=O) groups is 1. The Morgan fingerprint density at radius 2 is 1.84 bits per heavy atom. The van der Waals surface area contributed by atoms with Crippen LogP contribution in [0.25, 0.3) is 10.2 Å². The van der Waals surface area contributed by atoms with E-state index in [4.69, 9.17) is 4.74 Å². The fourth-order valence-electron chi connectivity index (χ4n) is 3.76. The van der Waals surface area contributed by atoms with Crippen molar-refractivity contribution in [2.24, 2.45) is 0 Å². The first kappa shape index (κ1) is 20.0. The minimum atomic E-state index is -0.192. The summed E-state index contributed by atoms with van der Waals surface area (Å²) in [5, 5.41) is 4.98. The minimum absolute atomic E-state index is 0.0561. The quantitative estimate of drug-likeness (QED) is 0.382. The number of fused-ring (bicyclic) bond motifs is 3. The Balaban J connectivity index is 1.35. The molecule has 5 nitrogen and oxygen atoms in total. The number of rotatable bonds is 6. The molecule has 0 bridgehead atoms. The van der Waals surface area contributed by atoms with Crippen molar-refractivity contribution in [2.45, 2.75) is 35.6 Å². The average molecular weight is 448 g/mol. The van der Waals surface area contributed by atoms with Crippen LogP contribution in [0.3, 0.4) is 0 Å². The molecular weight excluding hydrogens is 426 g/mol. The van der Waals surface area contributed by atoms with Gasteiger partial charge in [0, 0.05) is 16.0 Å². The molecule has 0 atom stereocenters. The molecule has 31 heavy (non-hydrogen) atoms. The standard InChI is InChI=1S/C24H21N3O2S2/c28-21(27-16-8-2-1-3-9-16)14-29-18-11-5-7-13-20(18)31-24-22-17-10-4-6-12-19(17)30-23(22)25-15-26-24/h1-3,5,7-9,11,13,15H,4,6,10,12,14H2,(H,27,28). The molecule has 0 fully saturated rings. The van der Waals surface area contributed by atoms with Crippen molar-refractivity contribution < 1.29 is 9.53 Å². The molecule has 2 heterocycles. The summed E-state index contributed by atoms with van der Waals surface area (Å²) in [5.41, 5.74) is 2.17. The van der Waals surface area contributed by atoms with Gasteiger partial charge in [0.15, 0.2) is 6.61 Å². The van der Waals surface area contributed by atoms with Crippen molar-refractivity contribution >= 4 is 44.9 Å². The van der Waals surface area contributed by atoms with Gasteiger partial charge in [-0.3, -0.25) is 4.79 Å². The van der Waals surface area contributed by atoms with Gasteiger partial charge in [-0.25, -0.2) is 9.97 Å². The third-order valence-electron chi connectivity index (χ3n) is 5.19. The lowest BCUT2D eigenvalue weighted by atomic mass is 9.97. The predicted octanol–water partition coefficient (Wildman–Crippen LogP) is 5.74. The lowest BCUT2D eigenvalue weighted by molar-refractivity contribution is -0.118. The number of nitrogens with zero attached hydrogens (tertiary/aromatic N) is 2. The maximum atomic E-state index is 12.3. The molecule has 0 spiro atoms. The molecule has 0 radical (unpaired) electrons. The maximum absolute atomic E-state index is 12.3. The Morgan fingerprint density at radius 1 is 1.03 bits per heavy atom. The first-order chi connectivity index (χ1) is 15.3. The summed E-state index contributed by atoms with van der Waals surface area (Å²) < 4.78 is 5.88. The van der Waals surface area contributed by atoms with Crippen LogP contribution in [0.2, 0.25) is 0 Å². The molecule has 2 aromatic carbocycles. The van der Waals surface area contributed by atoms with Gasteiger partial charge in [-0.1, -0.05) is 42.1 Å². The number of aromatic nitrogens is 2. The molecule has 0 saturated carbocycles. The first-order valence-corrected chi connectivity index (χ1v) is 11.9. The van der Waals surface area contributed by atoms with Crippen molar-refractivity contribution in [1.29, 1.82) is 0 Å². The second kappa shape index (κ2) is 9.08. The van der Waals surface area contributed by atoms with Gasteiger partial charge in [-0.05, 0) is 55.5 Å². The van der Waals surface area contributed by atoms with Crippen LogP contribution in [0.4, 0.5) is 5.69 Å². The Labute approximate surface area is 188 Å². The van der Waals surface area contributed by atoms with Crippen molar-refractivity contribution in [3.05, 3.63) is 71.4 Å². The minimum Gasteiger partial charge on any atom is -0.483 e. The molecule has 7 heteroatoms. The highest BCUT2D eigenvalue weighted by Gasteiger charge is 2.21. The van der Waals surface area contributed by atoms with Crippen LogP contribution < -0.4 is 10.1 Å². The smallest absolute Gasteiger partial charge is 0.262 e. The maximum Gasteiger partial charge on any atom is 0.262 e. The van der Waals surface area contributed by atoms with Crippen molar-refractivity contribution in [1.82, 2.24) is 9.97 Å². The monoisotopic (exact) mass is 447 g/mol. The normalized spacial score (nSPS) is 13.0. The average Bonchev–Trinajstić information content (AvgIpc) is 3.19. The molecule has 0 saturated heterocycles. The number of aryl methyl sites for hydroxylation is 2. The molecule has 4 aromatic rings. The Morgan fingerprint density at radius 3 is 2.74 bits per heavy atom. The molecule has 1 N–H and O–H groups in total. The summed E-state index contributed by atoms with van der Waals surface area (Å²) in [4.78, 5) is 24.9. The number of ether oxygens (including phenoxy) is 1. The number of benzene rings is 2. The van der Waals surface area contributed by atoms with Gasteiger partial charge in [0.2, 0.25) is 0 Å². The molecule has 0 unspecified atom stereocenters. The van der Waals surface area contributed by atoms with Crippen molar-refractivity contribution in [3.8, 4) is 5.75 Å². The first-order valence-electron chi connectivity index (χ1n) is 10.3. The fourth-order valence-corrected chi connectivity index (χ4v) is 6.06. The number of carbonyl (C=O) groups excluding carboxylic acids is 1. The molecule has 0 aliphatic heterocycles. The van der Waals surface area contributed by atoms with E-state index in [2.05, 4.69) is 15.3 Å². The lowest BCUT2D eigenvalue weighted by Gasteiger charge is -2.13. The molecule has 1 amide bonds. The zero-order valence-electron chi connectivity index (χ0n) is 16.8. The molecule has 2 aromatic heterocycles. The summed E-state index contributed by atoms with van der Waals surface area (Å²) >= 11 is 3.37. The number of anilines is 1. The van der Waals surface area contributed by atoms with E-state index >= 15 is 0 Å².